The van der Waals surface area contributed by atoms with E-state index in [0.29, 0.717) is 16.9 Å². The van der Waals surface area contributed by atoms with E-state index < -0.39 is 5.91 Å². The number of carbonyl (C=O) groups is 2. The molecule has 1 amide bonds. The number of hydrogen-bond acceptors (Lipinski definition) is 3. The van der Waals surface area contributed by atoms with E-state index in [4.69, 9.17) is 0 Å². The first-order chi connectivity index (χ1) is 9.47. The quantitative estimate of drug-likeness (QED) is 0.839. The van der Waals surface area contributed by atoms with Gasteiger partial charge < -0.3 is 10.3 Å². The third-order valence-electron chi connectivity index (χ3n) is 2.85. The average Bonchev–Trinajstić information content (AvgIpc) is 2.39. The first-order valence-corrected chi connectivity index (χ1v) is 6.09. The van der Waals surface area contributed by atoms with Gasteiger partial charge in [-0.2, -0.15) is 0 Å². The lowest BCUT2D eigenvalue weighted by Crippen LogP contribution is -2.21. The Kier molecular flexibility index (Phi) is 3.79. The standard InChI is InChI=1S/C15H14N2O3/c1-9-7-14(19)13(8-16-9)15(20)17-12-5-3-11(4-6-12)10(2)18/h3-8H,1-2H3,(H,16,19)(H,17,20). The van der Waals surface area contributed by atoms with Gasteiger partial charge in [0.1, 0.15) is 5.56 Å². The van der Waals surface area contributed by atoms with Crippen molar-refractivity contribution in [3.05, 3.63) is 63.6 Å². The van der Waals surface area contributed by atoms with Crippen molar-refractivity contribution in [3.63, 3.8) is 0 Å². The molecule has 2 N–H and O–H groups in total. The Bertz CT molecular complexity index is 715. The van der Waals surface area contributed by atoms with Crippen LogP contribution in [0.2, 0.25) is 0 Å². The zero-order valence-corrected chi connectivity index (χ0v) is 11.2. The molecule has 102 valence electrons. The SMILES string of the molecule is CC(=O)c1ccc(NC(=O)c2c[nH]c(C)cc2=O)cc1. The molecule has 5 nitrogen and oxygen atoms in total. The van der Waals surface area contributed by atoms with Crippen LogP contribution in [0.15, 0.2) is 41.3 Å². The second-order valence-electron chi connectivity index (χ2n) is 4.48. The molecular weight excluding hydrogens is 256 g/mol. The number of aromatic amines is 1. The summed E-state index contributed by atoms with van der Waals surface area (Å²) in [6.45, 7) is 3.21. The molecule has 0 fully saturated rings. The Morgan fingerprint density at radius 1 is 1.15 bits per heavy atom. The summed E-state index contributed by atoms with van der Waals surface area (Å²) >= 11 is 0. The molecule has 5 heteroatoms. The van der Waals surface area contributed by atoms with Crippen molar-refractivity contribution in [2.75, 3.05) is 5.32 Å². The molecule has 0 saturated heterocycles. The number of carbonyl (C=O) groups excluding carboxylic acids is 2. The summed E-state index contributed by atoms with van der Waals surface area (Å²) in [6, 6.07) is 7.86. The fraction of sp³-hybridized carbons (Fsp3) is 0.133. The maximum atomic E-state index is 12.0. The van der Waals surface area contributed by atoms with Crippen molar-refractivity contribution in [2.24, 2.45) is 0 Å². The normalized spacial score (nSPS) is 10.1. The Balaban J connectivity index is 2.19. The summed E-state index contributed by atoms with van der Waals surface area (Å²) in [4.78, 5) is 37.6. The molecule has 2 aromatic rings. The number of benzene rings is 1. The molecule has 0 saturated carbocycles. The zero-order chi connectivity index (χ0) is 14.7. The topological polar surface area (TPSA) is 79.0 Å². The predicted octanol–water partition coefficient (Wildman–Crippen LogP) is 2.14. The molecular formula is C15H14N2O3. The summed E-state index contributed by atoms with van der Waals surface area (Å²) < 4.78 is 0. The van der Waals surface area contributed by atoms with Gasteiger partial charge in [0.15, 0.2) is 11.2 Å². The van der Waals surface area contributed by atoms with Crippen LogP contribution in [0.5, 0.6) is 0 Å². The van der Waals surface area contributed by atoms with Gasteiger partial charge in [0, 0.05) is 29.2 Å². The van der Waals surface area contributed by atoms with Gasteiger partial charge in [-0.25, -0.2) is 0 Å². The van der Waals surface area contributed by atoms with E-state index in [-0.39, 0.29) is 16.8 Å². The number of H-pyrrole nitrogens is 1. The second kappa shape index (κ2) is 5.52. The molecule has 0 spiro atoms. The fourth-order valence-corrected chi connectivity index (χ4v) is 1.74. The van der Waals surface area contributed by atoms with Crippen LogP contribution in [0, 0.1) is 6.92 Å². The lowest BCUT2D eigenvalue weighted by atomic mass is 10.1. The molecule has 20 heavy (non-hydrogen) atoms. The zero-order valence-electron chi connectivity index (χ0n) is 11.2. The van der Waals surface area contributed by atoms with E-state index in [0.717, 1.165) is 0 Å². The minimum absolute atomic E-state index is 0.0437. The predicted molar refractivity (Wildman–Crippen MR) is 76.2 cm³/mol. The van der Waals surface area contributed by atoms with Crippen LogP contribution >= 0.6 is 0 Å². The molecule has 0 aliphatic heterocycles. The minimum Gasteiger partial charge on any atom is -0.364 e. The molecule has 0 aliphatic rings. The highest BCUT2D eigenvalue weighted by atomic mass is 16.2. The number of hydrogen-bond donors (Lipinski definition) is 2. The van der Waals surface area contributed by atoms with Crippen LogP contribution in [-0.4, -0.2) is 16.7 Å². The number of aryl methyl sites for hydroxylation is 1. The lowest BCUT2D eigenvalue weighted by molar-refractivity contribution is 0.101. The van der Waals surface area contributed by atoms with Gasteiger partial charge in [0.2, 0.25) is 0 Å². The van der Waals surface area contributed by atoms with Crippen LogP contribution < -0.4 is 10.7 Å². The molecule has 1 aromatic heterocycles. The summed E-state index contributed by atoms with van der Waals surface area (Å²) in [7, 11) is 0. The Hall–Kier alpha value is -2.69. The lowest BCUT2D eigenvalue weighted by Gasteiger charge is -2.05. The average molecular weight is 270 g/mol. The molecule has 1 aromatic carbocycles. The van der Waals surface area contributed by atoms with E-state index >= 15 is 0 Å². The fourth-order valence-electron chi connectivity index (χ4n) is 1.74. The van der Waals surface area contributed by atoms with Crippen molar-refractivity contribution in [1.82, 2.24) is 4.98 Å². The summed E-state index contributed by atoms with van der Waals surface area (Å²) in [6.07, 6.45) is 1.39. The van der Waals surface area contributed by atoms with Crippen molar-refractivity contribution < 1.29 is 9.59 Å². The van der Waals surface area contributed by atoms with Crippen molar-refractivity contribution in [3.8, 4) is 0 Å². The highest BCUT2D eigenvalue weighted by molar-refractivity contribution is 6.04. The summed E-state index contributed by atoms with van der Waals surface area (Å²) in [5.74, 6) is -0.528. The van der Waals surface area contributed by atoms with E-state index in [1.807, 2.05) is 0 Å². The van der Waals surface area contributed by atoms with Gasteiger partial charge >= 0.3 is 0 Å². The molecule has 0 bridgehead atoms. The number of nitrogens with one attached hydrogen (secondary N) is 2. The molecule has 0 unspecified atom stereocenters. The molecule has 0 aliphatic carbocycles. The number of pyridine rings is 1. The van der Waals surface area contributed by atoms with E-state index in [1.165, 1.54) is 19.2 Å². The largest absolute Gasteiger partial charge is 0.364 e. The second-order valence-corrected chi connectivity index (χ2v) is 4.48. The first kappa shape index (κ1) is 13.7. The van der Waals surface area contributed by atoms with Crippen LogP contribution in [0.25, 0.3) is 0 Å². The van der Waals surface area contributed by atoms with Gasteiger partial charge in [-0.15, -0.1) is 0 Å². The Morgan fingerprint density at radius 2 is 1.80 bits per heavy atom. The third kappa shape index (κ3) is 3.00. The van der Waals surface area contributed by atoms with Crippen molar-refractivity contribution in [2.45, 2.75) is 13.8 Å². The summed E-state index contributed by atoms with van der Waals surface area (Å²) in [5.41, 5.74) is 1.50. The highest BCUT2D eigenvalue weighted by Gasteiger charge is 2.10. The van der Waals surface area contributed by atoms with Crippen LogP contribution in [0.4, 0.5) is 5.69 Å². The van der Waals surface area contributed by atoms with Gasteiger partial charge in [0.05, 0.1) is 0 Å². The number of anilines is 1. The molecule has 0 atom stereocenters. The minimum atomic E-state index is -0.484. The van der Waals surface area contributed by atoms with Crippen LogP contribution in [-0.2, 0) is 0 Å². The van der Waals surface area contributed by atoms with Crippen molar-refractivity contribution >= 4 is 17.4 Å². The van der Waals surface area contributed by atoms with Gasteiger partial charge in [-0.05, 0) is 38.1 Å². The number of ketones is 1. The number of aromatic nitrogens is 1. The number of Topliss-reactive ketones (excluding diaryl/α,β-unsaturated/α-hetero) is 1. The monoisotopic (exact) mass is 270 g/mol. The molecule has 0 radical (unpaired) electrons. The van der Waals surface area contributed by atoms with Gasteiger partial charge in [-0.1, -0.05) is 0 Å². The van der Waals surface area contributed by atoms with Crippen molar-refractivity contribution in [1.29, 1.82) is 0 Å². The van der Waals surface area contributed by atoms with Gasteiger partial charge in [0.25, 0.3) is 5.91 Å². The summed E-state index contributed by atoms with van der Waals surface area (Å²) in [5, 5.41) is 2.61. The number of amides is 1. The maximum Gasteiger partial charge on any atom is 0.261 e. The van der Waals surface area contributed by atoms with Crippen LogP contribution in [0.1, 0.15) is 33.3 Å². The molecule has 2 rings (SSSR count). The molecule has 1 heterocycles. The van der Waals surface area contributed by atoms with E-state index in [9.17, 15) is 14.4 Å². The first-order valence-electron chi connectivity index (χ1n) is 6.09. The highest BCUT2D eigenvalue weighted by Crippen LogP contribution is 2.11. The van der Waals surface area contributed by atoms with Crippen LogP contribution in [0.3, 0.4) is 0 Å². The maximum absolute atomic E-state index is 12.0. The van der Waals surface area contributed by atoms with E-state index in [2.05, 4.69) is 10.3 Å². The third-order valence-corrected chi connectivity index (χ3v) is 2.85. The Labute approximate surface area is 115 Å². The van der Waals surface area contributed by atoms with E-state index in [1.54, 1.807) is 31.2 Å². The Morgan fingerprint density at radius 3 is 2.35 bits per heavy atom. The smallest absolute Gasteiger partial charge is 0.261 e. The van der Waals surface area contributed by atoms with Gasteiger partial charge in [-0.3, -0.25) is 14.4 Å². The number of rotatable bonds is 3.